The van der Waals surface area contributed by atoms with Gasteiger partial charge in [-0.15, -0.1) is 10.2 Å². The molecule has 0 bridgehead atoms. The van der Waals surface area contributed by atoms with Crippen LogP contribution in [-0.4, -0.2) is 43.6 Å². The Morgan fingerprint density at radius 3 is 3.00 bits per heavy atom. The number of nitrogens with one attached hydrogen (secondary N) is 1. The molecule has 1 rings (SSSR count). The van der Waals surface area contributed by atoms with E-state index in [-0.39, 0.29) is 13.0 Å². The molecular formula is C8H14N4O3. The molecule has 15 heavy (non-hydrogen) atoms. The van der Waals surface area contributed by atoms with Crippen molar-refractivity contribution in [3.8, 4) is 0 Å². The van der Waals surface area contributed by atoms with Crippen LogP contribution in [0.5, 0.6) is 0 Å². The number of hydrogen-bond donors (Lipinski definition) is 3. The summed E-state index contributed by atoms with van der Waals surface area (Å²) in [5.74, 6) is -0.277. The van der Waals surface area contributed by atoms with E-state index >= 15 is 0 Å². The molecule has 0 radical (unpaired) electrons. The predicted octanol–water partition coefficient (Wildman–Crippen LogP) is -1.26. The highest BCUT2D eigenvalue weighted by molar-refractivity contribution is 5.67. The van der Waals surface area contributed by atoms with Gasteiger partial charge in [0.25, 0.3) is 0 Å². The predicted molar refractivity (Wildman–Crippen MR) is 51.0 cm³/mol. The van der Waals surface area contributed by atoms with Crippen molar-refractivity contribution in [2.45, 2.75) is 19.1 Å². The number of rotatable bonds is 6. The molecule has 0 aliphatic rings. The standard InChI is InChI=1S/C8H14N4O3/c1-12-5-10-11-7(12)4-9-3-6(13)2-8(14)15/h5-6,9,13H,2-4H2,1H3,(H,14,15). The summed E-state index contributed by atoms with van der Waals surface area (Å²) in [6, 6.07) is 0. The van der Waals surface area contributed by atoms with Gasteiger partial charge in [-0.25, -0.2) is 0 Å². The van der Waals surface area contributed by atoms with Crippen molar-refractivity contribution in [1.82, 2.24) is 20.1 Å². The number of aliphatic carboxylic acids is 1. The third-order valence-electron chi connectivity index (χ3n) is 1.88. The molecule has 0 aromatic carbocycles. The van der Waals surface area contributed by atoms with Gasteiger partial charge in [-0.05, 0) is 0 Å². The second-order valence-electron chi connectivity index (χ2n) is 3.24. The Hall–Kier alpha value is -1.47. The van der Waals surface area contributed by atoms with Crippen molar-refractivity contribution in [3.05, 3.63) is 12.2 Å². The molecule has 0 amide bonds. The molecular weight excluding hydrogens is 200 g/mol. The number of aryl methyl sites for hydroxylation is 1. The molecule has 7 nitrogen and oxygen atoms in total. The largest absolute Gasteiger partial charge is 0.481 e. The summed E-state index contributed by atoms with van der Waals surface area (Å²) in [5, 5.41) is 28.0. The van der Waals surface area contributed by atoms with Gasteiger partial charge in [0.1, 0.15) is 12.2 Å². The summed E-state index contributed by atoms with van der Waals surface area (Å²) >= 11 is 0. The van der Waals surface area contributed by atoms with Crippen LogP contribution >= 0.6 is 0 Å². The lowest BCUT2D eigenvalue weighted by Crippen LogP contribution is -2.29. The van der Waals surface area contributed by atoms with Crippen molar-refractivity contribution in [2.75, 3.05) is 6.54 Å². The number of aromatic nitrogens is 3. The molecule has 1 aromatic rings. The zero-order valence-electron chi connectivity index (χ0n) is 8.42. The quantitative estimate of drug-likeness (QED) is 0.546. The number of nitrogens with zero attached hydrogens (tertiary/aromatic N) is 3. The van der Waals surface area contributed by atoms with Gasteiger partial charge in [-0.3, -0.25) is 4.79 Å². The lowest BCUT2D eigenvalue weighted by Gasteiger charge is -2.08. The maximum atomic E-state index is 10.2. The maximum absolute atomic E-state index is 10.2. The van der Waals surface area contributed by atoms with E-state index in [1.165, 1.54) is 0 Å². The van der Waals surface area contributed by atoms with E-state index in [1.54, 1.807) is 10.9 Å². The number of carboxylic acids is 1. The van der Waals surface area contributed by atoms with Crippen molar-refractivity contribution >= 4 is 5.97 Å². The SMILES string of the molecule is Cn1cnnc1CNCC(O)CC(=O)O. The van der Waals surface area contributed by atoms with Crippen LogP contribution in [0.15, 0.2) is 6.33 Å². The summed E-state index contributed by atoms with van der Waals surface area (Å²) in [5.41, 5.74) is 0. The Kier molecular flexibility index (Phi) is 4.19. The number of carbonyl (C=O) groups is 1. The molecule has 0 saturated carbocycles. The fourth-order valence-corrected chi connectivity index (χ4v) is 1.09. The molecule has 7 heteroatoms. The van der Waals surface area contributed by atoms with Crippen LogP contribution in [-0.2, 0) is 18.4 Å². The third kappa shape index (κ3) is 4.05. The van der Waals surface area contributed by atoms with Crippen molar-refractivity contribution in [2.24, 2.45) is 7.05 Å². The van der Waals surface area contributed by atoms with E-state index in [1.807, 2.05) is 7.05 Å². The highest BCUT2D eigenvalue weighted by Crippen LogP contribution is 1.92. The van der Waals surface area contributed by atoms with Gasteiger partial charge in [-0.2, -0.15) is 0 Å². The Morgan fingerprint density at radius 1 is 1.73 bits per heavy atom. The number of hydrogen-bond acceptors (Lipinski definition) is 5. The van der Waals surface area contributed by atoms with Crippen molar-refractivity contribution < 1.29 is 15.0 Å². The first-order valence-corrected chi connectivity index (χ1v) is 4.53. The summed E-state index contributed by atoms with van der Waals surface area (Å²) in [6.45, 7) is 0.673. The lowest BCUT2D eigenvalue weighted by atomic mass is 10.2. The number of aliphatic hydroxyl groups excluding tert-OH is 1. The van der Waals surface area contributed by atoms with Crippen LogP contribution in [0.2, 0.25) is 0 Å². The minimum absolute atomic E-state index is 0.221. The van der Waals surface area contributed by atoms with Crippen LogP contribution in [0.1, 0.15) is 12.2 Å². The summed E-state index contributed by atoms with van der Waals surface area (Å²) in [6.07, 6.45) is 0.437. The topological polar surface area (TPSA) is 100 Å². The first kappa shape index (κ1) is 11.6. The van der Waals surface area contributed by atoms with E-state index in [0.29, 0.717) is 6.54 Å². The minimum atomic E-state index is -1.01. The Balaban J connectivity index is 2.22. The van der Waals surface area contributed by atoms with E-state index in [4.69, 9.17) is 5.11 Å². The average Bonchev–Trinajstić information content (AvgIpc) is 2.50. The van der Waals surface area contributed by atoms with Gasteiger partial charge in [0, 0.05) is 13.6 Å². The zero-order chi connectivity index (χ0) is 11.3. The Bertz CT molecular complexity index is 325. The van der Waals surface area contributed by atoms with Gasteiger partial charge < -0.3 is 20.1 Å². The van der Waals surface area contributed by atoms with E-state index < -0.39 is 12.1 Å². The molecule has 0 saturated heterocycles. The monoisotopic (exact) mass is 214 g/mol. The van der Waals surface area contributed by atoms with Gasteiger partial charge in [0.15, 0.2) is 0 Å². The van der Waals surface area contributed by atoms with Gasteiger partial charge in [0.05, 0.1) is 19.1 Å². The molecule has 0 spiro atoms. The highest BCUT2D eigenvalue weighted by Gasteiger charge is 2.09. The number of carboxylic acid groups (broad SMARTS) is 1. The lowest BCUT2D eigenvalue weighted by molar-refractivity contribution is -0.139. The second kappa shape index (κ2) is 5.42. The van der Waals surface area contributed by atoms with Crippen LogP contribution in [0.25, 0.3) is 0 Å². The molecule has 1 heterocycles. The summed E-state index contributed by atoms with van der Waals surface area (Å²) in [4.78, 5) is 10.2. The first-order chi connectivity index (χ1) is 7.09. The molecule has 1 aromatic heterocycles. The molecule has 0 aliphatic carbocycles. The fraction of sp³-hybridized carbons (Fsp3) is 0.625. The van der Waals surface area contributed by atoms with Crippen LogP contribution in [0, 0.1) is 0 Å². The fourth-order valence-electron chi connectivity index (χ4n) is 1.09. The van der Waals surface area contributed by atoms with Gasteiger partial charge >= 0.3 is 5.97 Å². The smallest absolute Gasteiger partial charge is 0.306 e. The molecule has 1 unspecified atom stereocenters. The molecule has 84 valence electrons. The maximum Gasteiger partial charge on any atom is 0.306 e. The molecule has 0 fully saturated rings. The molecule has 1 atom stereocenters. The van der Waals surface area contributed by atoms with Crippen LogP contribution < -0.4 is 5.32 Å². The first-order valence-electron chi connectivity index (χ1n) is 4.53. The second-order valence-corrected chi connectivity index (χ2v) is 3.24. The van der Waals surface area contributed by atoms with Crippen molar-refractivity contribution in [3.63, 3.8) is 0 Å². The third-order valence-corrected chi connectivity index (χ3v) is 1.88. The van der Waals surface area contributed by atoms with Gasteiger partial charge in [-0.1, -0.05) is 0 Å². The minimum Gasteiger partial charge on any atom is -0.481 e. The van der Waals surface area contributed by atoms with Gasteiger partial charge in [0.2, 0.25) is 0 Å². The normalized spacial score (nSPS) is 12.7. The Morgan fingerprint density at radius 2 is 2.47 bits per heavy atom. The molecule has 3 N–H and O–H groups in total. The summed E-state index contributed by atoms with van der Waals surface area (Å²) in [7, 11) is 1.81. The Labute approximate surface area is 86.7 Å². The number of aliphatic hydroxyl groups is 1. The van der Waals surface area contributed by atoms with E-state index in [2.05, 4.69) is 15.5 Å². The zero-order valence-corrected chi connectivity index (χ0v) is 8.42. The van der Waals surface area contributed by atoms with E-state index in [0.717, 1.165) is 5.82 Å². The highest BCUT2D eigenvalue weighted by atomic mass is 16.4. The molecule has 0 aliphatic heterocycles. The average molecular weight is 214 g/mol. The van der Waals surface area contributed by atoms with E-state index in [9.17, 15) is 9.90 Å². The summed E-state index contributed by atoms with van der Waals surface area (Å²) < 4.78 is 1.75. The van der Waals surface area contributed by atoms with Crippen LogP contribution in [0.3, 0.4) is 0 Å². The van der Waals surface area contributed by atoms with Crippen molar-refractivity contribution in [1.29, 1.82) is 0 Å². The van der Waals surface area contributed by atoms with Crippen LogP contribution in [0.4, 0.5) is 0 Å².